The van der Waals surface area contributed by atoms with E-state index in [0.29, 0.717) is 13.0 Å². The predicted molar refractivity (Wildman–Crippen MR) is 74.2 cm³/mol. The van der Waals surface area contributed by atoms with Crippen LogP contribution in [0.1, 0.15) is 25.3 Å². The highest BCUT2D eigenvalue weighted by Gasteiger charge is 2.02. The van der Waals surface area contributed by atoms with Gasteiger partial charge in [-0.1, -0.05) is 19.1 Å². The number of anilines is 1. The van der Waals surface area contributed by atoms with Crippen LogP contribution in [-0.2, 0) is 16.0 Å². The van der Waals surface area contributed by atoms with E-state index in [4.69, 9.17) is 5.11 Å². The highest BCUT2D eigenvalue weighted by atomic mass is 16.4. The number of hydrogen-bond donors (Lipinski definition) is 3. The van der Waals surface area contributed by atoms with Crippen molar-refractivity contribution < 1.29 is 14.7 Å². The number of carbonyl (C=O) groups excluding carboxylic acids is 1. The number of nitrogens with one attached hydrogen (secondary N) is 2. The molecule has 1 aromatic carbocycles. The Labute approximate surface area is 113 Å². The summed E-state index contributed by atoms with van der Waals surface area (Å²) in [5.74, 6) is -0.883. The van der Waals surface area contributed by atoms with Crippen LogP contribution in [0, 0.1) is 0 Å². The summed E-state index contributed by atoms with van der Waals surface area (Å²) >= 11 is 0. The molecule has 5 heteroatoms. The van der Waals surface area contributed by atoms with Crippen LogP contribution in [0.3, 0.4) is 0 Å². The molecule has 0 saturated carbocycles. The lowest BCUT2D eigenvalue weighted by atomic mass is 10.1. The van der Waals surface area contributed by atoms with Crippen molar-refractivity contribution in [2.75, 3.05) is 18.4 Å². The van der Waals surface area contributed by atoms with Crippen LogP contribution in [0.2, 0.25) is 0 Å². The number of carboxylic acid groups (broad SMARTS) is 1. The molecule has 19 heavy (non-hydrogen) atoms. The van der Waals surface area contributed by atoms with Gasteiger partial charge in [-0.25, -0.2) is 0 Å². The number of aliphatic carboxylic acids is 1. The van der Waals surface area contributed by atoms with E-state index < -0.39 is 5.97 Å². The van der Waals surface area contributed by atoms with Crippen LogP contribution in [-0.4, -0.2) is 30.1 Å². The van der Waals surface area contributed by atoms with Crippen LogP contribution in [0.25, 0.3) is 0 Å². The molecule has 1 aromatic rings. The normalized spacial score (nSPS) is 10.2. The van der Waals surface area contributed by atoms with Gasteiger partial charge in [-0.2, -0.15) is 0 Å². The Morgan fingerprint density at radius 2 is 1.89 bits per heavy atom. The fraction of sp³-hybridized carbons (Fsp3) is 0.429. The van der Waals surface area contributed by atoms with E-state index in [9.17, 15) is 9.59 Å². The summed E-state index contributed by atoms with van der Waals surface area (Å²) in [6.07, 6.45) is 1.61. The molecule has 0 heterocycles. The number of benzene rings is 1. The molecule has 1 rings (SSSR count). The summed E-state index contributed by atoms with van der Waals surface area (Å²) in [6, 6.07) is 7.24. The van der Waals surface area contributed by atoms with Crippen molar-refractivity contribution in [1.82, 2.24) is 5.32 Å². The molecule has 0 unspecified atom stereocenters. The quantitative estimate of drug-likeness (QED) is 0.624. The first-order chi connectivity index (χ1) is 9.11. The number of carboxylic acids is 1. The van der Waals surface area contributed by atoms with Gasteiger partial charge in [0.05, 0.1) is 6.54 Å². The third kappa shape index (κ3) is 6.57. The Morgan fingerprint density at radius 3 is 2.47 bits per heavy atom. The second-order valence-corrected chi connectivity index (χ2v) is 4.32. The van der Waals surface area contributed by atoms with Crippen LogP contribution < -0.4 is 10.6 Å². The Kier molecular flexibility index (Phi) is 6.60. The molecule has 1 amide bonds. The maximum absolute atomic E-state index is 11.5. The zero-order valence-electron chi connectivity index (χ0n) is 11.1. The molecule has 0 aromatic heterocycles. The van der Waals surface area contributed by atoms with Crippen molar-refractivity contribution in [2.24, 2.45) is 0 Å². The van der Waals surface area contributed by atoms with Crippen molar-refractivity contribution in [1.29, 1.82) is 0 Å². The Hall–Kier alpha value is -1.88. The lowest BCUT2D eigenvalue weighted by Gasteiger charge is -2.07. The van der Waals surface area contributed by atoms with E-state index in [1.165, 1.54) is 0 Å². The van der Waals surface area contributed by atoms with Crippen LogP contribution in [0.15, 0.2) is 24.3 Å². The molecule has 0 aliphatic rings. The largest absolute Gasteiger partial charge is 0.481 e. The molecule has 0 spiro atoms. The second kappa shape index (κ2) is 8.26. The minimum absolute atomic E-state index is 0.0771. The first-order valence-electron chi connectivity index (χ1n) is 6.43. The number of carbonyl (C=O) groups is 2. The molecule has 104 valence electrons. The fourth-order valence-corrected chi connectivity index (χ4v) is 1.59. The van der Waals surface area contributed by atoms with E-state index in [1.54, 1.807) is 12.1 Å². The van der Waals surface area contributed by atoms with Gasteiger partial charge in [-0.3, -0.25) is 9.59 Å². The molecule has 0 atom stereocenters. The van der Waals surface area contributed by atoms with Gasteiger partial charge in [0.2, 0.25) is 5.91 Å². The highest BCUT2D eigenvalue weighted by Crippen LogP contribution is 2.10. The minimum atomic E-state index is -0.806. The third-order valence-corrected chi connectivity index (χ3v) is 2.58. The first kappa shape index (κ1) is 15.2. The van der Waals surface area contributed by atoms with Gasteiger partial charge in [0.15, 0.2) is 0 Å². The third-order valence-electron chi connectivity index (χ3n) is 2.58. The molecular formula is C14H20N2O3. The van der Waals surface area contributed by atoms with Crippen LogP contribution in [0.4, 0.5) is 5.69 Å². The van der Waals surface area contributed by atoms with E-state index in [0.717, 1.165) is 24.2 Å². The van der Waals surface area contributed by atoms with Gasteiger partial charge in [0.25, 0.3) is 0 Å². The number of rotatable bonds is 8. The summed E-state index contributed by atoms with van der Waals surface area (Å²) in [6.45, 7) is 3.16. The van der Waals surface area contributed by atoms with Crippen molar-refractivity contribution in [3.8, 4) is 0 Å². The molecule has 0 aliphatic carbocycles. The maximum Gasteiger partial charge on any atom is 0.303 e. The van der Waals surface area contributed by atoms with Gasteiger partial charge in [-0.15, -0.1) is 0 Å². The topological polar surface area (TPSA) is 78.4 Å². The second-order valence-electron chi connectivity index (χ2n) is 4.32. The van der Waals surface area contributed by atoms with Gasteiger partial charge in [0.1, 0.15) is 0 Å². The minimum Gasteiger partial charge on any atom is -0.481 e. The van der Waals surface area contributed by atoms with Gasteiger partial charge < -0.3 is 15.7 Å². The smallest absolute Gasteiger partial charge is 0.303 e. The summed E-state index contributed by atoms with van der Waals surface area (Å²) in [4.78, 5) is 22.0. The fourth-order valence-electron chi connectivity index (χ4n) is 1.59. The van der Waals surface area contributed by atoms with Crippen LogP contribution >= 0.6 is 0 Å². The Morgan fingerprint density at radius 1 is 1.21 bits per heavy atom. The highest BCUT2D eigenvalue weighted by molar-refractivity contribution is 5.92. The lowest BCUT2D eigenvalue weighted by molar-refractivity contribution is -0.137. The Balaban J connectivity index is 2.39. The molecule has 0 bridgehead atoms. The molecule has 3 N–H and O–H groups in total. The van der Waals surface area contributed by atoms with Crippen molar-refractivity contribution in [3.05, 3.63) is 29.8 Å². The van der Waals surface area contributed by atoms with Crippen molar-refractivity contribution in [3.63, 3.8) is 0 Å². The molecule has 0 saturated heterocycles. The van der Waals surface area contributed by atoms with E-state index in [2.05, 4.69) is 10.6 Å². The van der Waals surface area contributed by atoms with E-state index >= 15 is 0 Å². The predicted octanol–water partition coefficient (Wildman–Crippen LogP) is 1.64. The summed E-state index contributed by atoms with van der Waals surface area (Å²) < 4.78 is 0. The number of aryl methyl sites for hydroxylation is 1. The number of amides is 1. The summed E-state index contributed by atoms with van der Waals surface area (Å²) in [5, 5.41) is 14.4. The SMILES string of the molecule is CCCNCC(=O)Nc1ccc(CCC(=O)O)cc1. The molecule has 0 fully saturated rings. The molecule has 0 radical (unpaired) electrons. The van der Waals surface area contributed by atoms with Crippen molar-refractivity contribution >= 4 is 17.6 Å². The standard InChI is InChI=1S/C14H20N2O3/c1-2-9-15-10-13(17)16-12-6-3-11(4-7-12)5-8-14(18)19/h3-4,6-7,15H,2,5,8-10H2,1H3,(H,16,17)(H,18,19). The monoisotopic (exact) mass is 264 g/mol. The maximum atomic E-state index is 11.5. The first-order valence-corrected chi connectivity index (χ1v) is 6.43. The Bertz CT molecular complexity index is 415. The average molecular weight is 264 g/mol. The molecule has 0 aliphatic heterocycles. The zero-order chi connectivity index (χ0) is 14.1. The van der Waals surface area contributed by atoms with Gasteiger partial charge >= 0.3 is 5.97 Å². The zero-order valence-corrected chi connectivity index (χ0v) is 11.1. The lowest BCUT2D eigenvalue weighted by Crippen LogP contribution is -2.28. The van der Waals surface area contributed by atoms with Crippen LogP contribution in [0.5, 0.6) is 0 Å². The van der Waals surface area contributed by atoms with Gasteiger partial charge in [0, 0.05) is 12.1 Å². The van der Waals surface area contributed by atoms with E-state index in [1.807, 2.05) is 19.1 Å². The number of hydrogen-bond acceptors (Lipinski definition) is 3. The molecule has 5 nitrogen and oxygen atoms in total. The van der Waals surface area contributed by atoms with E-state index in [-0.39, 0.29) is 12.3 Å². The summed E-state index contributed by atoms with van der Waals surface area (Å²) in [7, 11) is 0. The average Bonchev–Trinajstić information content (AvgIpc) is 2.38. The van der Waals surface area contributed by atoms with Gasteiger partial charge in [-0.05, 0) is 37.1 Å². The summed E-state index contributed by atoms with van der Waals surface area (Å²) in [5.41, 5.74) is 1.67. The van der Waals surface area contributed by atoms with Crippen molar-refractivity contribution in [2.45, 2.75) is 26.2 Å². The molecular weight excluding hydrogens is 244 g/mol.